The molecule has 0 N–H and O–H groups in total. The average Bonchev–Trinajstić information content (AvgIpc) is 3.10. The quantitative estimate of drug-likeness (QED) is 0.832. The van der Waals surface area contributed by atoms with E-state index in [-0.39, 0.29) is 11.1 Å². The number of hydrogen-bond acceptors (Lipinski definition) is 4. The van der Waals surface area contributed by atoms with Crippen molar-refractivity contribution in [2.75, 3.05) is 7.11 Å². The fourth-order valence-electron chi connectivity index (χ4n) is 3.83. The predicted octanol–water partition coefficient (Wildman–Crippen LogP) is 4.17. The molecule has 0 bridgehead atoms. The van der Waals surface area contributed by atoms with Crippen LogP contribution in [0.15, 0.2) is 34.1 Å². The van der Waals surface area contributed by atoms with Crippen molar-refractivity contribution in [3.05, 3.63) is 46.9 Å². The van der Waals surface area contributed by atoms with Crippen molar-refractivity contribution in [3.8, 4) is 11.5 Å². The number of aliphatic imine (C=N–C) groups is 1. The smallest absolute Gasteiger partial charge is 0.166 e. The Kier molecular flexibility index (Phi) is 3.11. The fraction of sp³-hybridized carbons (Fsp3) is 0.450. The Hall–Kier alpha value is -2.23. The van der Waals surface area contributed by atoms with E-state index in [2.05, 4.69) is 33.8 Å². The van der Waals surface area contributed by atoms with Crippen LogP contribution in [0.5, 0.6) is 11.5 Å². The van der Waals surface area contributed by atoms with Crippen LogP contribution in [0.1, 0.15) is 49.9 Å². The molecule has 0 atom stereocenters. The molecule has 0 aliphatic carbocycles. The minimum absolute atomic E-state index is 0.159. The highest BCUT2D eigenvalue weighted by atomic mass is 16.5. The summed E-state index contributed by atoms with van der Waals surface area (Å²) in [7, 11) is 1.70. The molecule has 0 amide bonds. The van der Waals surface area contributed by atoms with Crippen LogP contribution in [0.2, 0.25) is 0 Å². The van der Waals surface area contributed by atoms with E-state index in [1.165, 1.54) is 16.7 Å². The van der Waals surface area contributed by atoms with Crippen molar-refractivity contribution in [1.82, 2.24) is 0 Å². The molecule has 24 heavy (non-hydrogen) atoms. The van der Waals surface area contributed by atoms with Gasteiger partial charge in [0.2, 0.25) is 0 Å². The zero-order chi connectivity index (χ0) is 17.1. The molecular weight excluding hydrogens is 302 g/mol. The molecule has 4 rings (SSSR count). The number of fused-ring (bicyclic) bond motifs is 3. The largest absolute Gasteiger partial charge is 0.493 e. The molecule has 1 aromatic heterocycles. The zero-order valence-electron chi connectivity index (χ0n) is 14.9. The number of furan rings is 1. The topological polar surface area (TPSA) is 44.0 Å². The van der Waals surface area contributed by atoms with Crippen molar-refractivity contribution in [1.29, 1.82) is 0 Å². The first-order valence-corrected chi connectivity index (χ1v) is 8.34. The summed E-state index contributed by atoms with van der Waals surface area (Å²) in [6.45, 7) is 8.55. The van der Waals surface area contributed by atoms with Crippen molar-refractivity contribution in [3.63, 3.8) is 0 Å². The average molecular weight is 325 g/mol. The summed E-state index contributed by atoms with van der Waals surface area (Å²) < 4.78 is 17.1. The van der Waals surface area contributed by atoms with E-state index in [1.807, 2.05) is 6.07 Å². The molecule has 0 radical (unpaired) electrons. The molecular formula is C20H23NO3. The Labute approximate surface area is 142 Å². The lowest BCUT2D eigenvalue weighted by molar-refractivity contribution is 0.134. The number of nitrogens with zero attached hydrogens (tertiary/aromatic N) is 1. The van der Waals surface area contributed by atoms with Gasteiger partial charge in [-0.25, -0.2) is 0 Å². The lowest BCUT2D eigenvalue weighted by Crippen LogP contribution is -2.30. The van der Waals surface area contributed by atoms with Gasteiger partial charge in [0.25, 0.3) is 0 Å². The number of ether oxygens (including phenoxy) is 2. The van der Waals surface area contributed by atoms with Crippen molar-refractivity contribution in [2.45, 2.75) is 51.7 Å². The third-order valence-electron chi connectivity index (χ3n) is 4.70. The van der Waals surface area contributed by atoms with Crippen LogP contribution in [-0.2, 0) is 12.8 Å². The van der Waals surface area contributed by atoms with Gasteiger partial charge in [0.1, 0.15) is 5.60 Å². The van der Waals surface area contributed by atoms with Gasteiger partial charge in [-0.1, -0.05) is 0 Å². The van der Waals surface area contributed by atoms with E-state index < -0.39 is 0 Å². The van der Waals surface area contributed by atoms with Crippen LogP contribution in [0.25, 0.3) is 0 Å². The summed E-state index contributed by atoms with van der Waals surface area (Å²) in [6, 6.07) is 4.09. The third-order valence-corrected chi connectivity index (χ3v) is 4.70. The van der Waals surface area contributed by atoms with Crippen LogP contribution in [0.4, 0.5) is 0 Å². The van der Waals surface area contributed by atoms with Crippen LogP contribution in [0, 0.1) is 0 Å². The normalized spacial score (nSPS) is 20.0. The second-order valence-corrected chi connectivity index (χ2v) is 7.92. The van der Waals surface area contributed by atoms with E-state index in [0.717, 1.165) is 35.6 Å². The molecule has 4 nitrogen and oxygen atoms in total. The van der Waals surface area contributed by atoms with E-state index >= 15 is 0 Å². The standard InChI is InChI=1S/C20H23NO3/c1-19(2)9-13-8-15(22-5)18-14(10-20(3,4)24-18)16(13)17(21-19)12-6-7-23-11-12/h6-8,11H,9-10H2,1-5H3. The minimum atomic E-state index is -0.237. The summed E-state index contributed by atoms with van der Waals surface area (Å²) in [5.41, 5.74) is 5.27. The van der Waals surface area contributed by atoms with Gasteiger partial charge >= 0.3 is 0 Å². The molecule has 4 heteroatoms. The highest BCUT2D eigenvalue weighted by molar-refractivity contribution is 6.16. The lowest BCUT2D eigenvalue weighted by atomic mass is 9.81. The maximum atomic E-state index is 6.20. The summed E-state index contributed by atoms with van der Waals surface area (Å²) >= 11 is 0. The van der Waals surface area contributed by atoms with Crippen LogP contribution >= 0.6 is 0 Å². The molecule has 126 valence electrons. The maximum absolute atomic E-state index is 6.20. The van der Waals surface area contributed by atoms with E-state index in [0.29, 0.717) is 0 Å². The monoisotopic (exact) mass is 325 g/mol. The van der Waals surface area contributed by atoms with Crippen LogP contribution in [-0.4, -0.2) is 24.0 Å². The number of benzene rings is 1. The highest BCUT2D eigenvalue weighted by Crippen LogP contribution is 2.47. The predicted molar refractivity (Wildman–Crippen MR) is 93.5 cm³/mol. The molecule has 0 unspecified atom stereocenters. The SMILES string of the molecule is COc1cc2c(c3c1OC(C)(C)C3)C(c1ccoc1)=NC(C)(C)C2. The van der Waals surface area contributed by atoms with Gasteiger partial charge in [0, 0.05) is 23.1 Å². The molecule has 0 saturated heterocycles. The Balaban J connectivity index is 2.00. The zero-order valence-corrected chi connectivity index (χ0v) is 14.9. The summed E-state index contributed by atoms with van der Waals surface area (Å²) in [4.78, 5) is 5.04. The van der Waals surface area contributed by atoms with Gasteiger partial charge in [0.15, 0.2) is 11.5 Å². The molecule has 0 spiro atoms. The first-order chi connectivity index (χ1) is 11.3. The second-order valence-electron chi connectivity index (χ2n) is 7.92. The van der Waals surface area contributed by atoms with Crippen molar-refractivity contribution >= 4 is 5.71 Å². The number of methoxy groups -OCH3 is 1. The van der Waals surface area contributed by atoms with Gasteiger partial charge in [0.05, 0.1) is 30.9 Å². The van der Waals surface area contributed by atoms with Gasteiger partial charge in [-0.3, -0.25) is 4.99 Å². The fourth-order valence-corrected chi connectivity index (χ4v) is 3.83. The van der Waals surface area contributed by atoms with Gasteiger partial charge in [-0.15, -0.1) is 0 Å². The third kappa shape index (κ3) is 2.32. The first-order valence-electron chi connectivity index (χ1n) is 8.34. The molecule has 2 aliphatic heterocycles. The summed E-state index contributed by atoms with van der Waals surface area (Å²) in [6.07, 6.45) is 5.19. The van der Waals surface area contributed by atoms with Gasteiger partial charge < -0.3 is 13.9 Å². The molecule has 1 aromatic carbocycles. The summed E-state index contributed by atoms with van der Waals surface area (Å²) in [5.74, 6) is 1.68. The maximum Gasteiger partial charge on any atom is 0.166 e. The first kappa shape index (κ1) is 15.3. The van der Waals surface area contributed by atoms with E-state index in [4.69, 9.17) is 18.9 Å². The molecule has 2 aromatic rings. The van der Waals surface area contributed by atoms with E-state index in [9.17, 15) is 0 Å². The molecule has 0 fully saturated rings. The molecule has 2 aliphatic rings. The van der Waals surface area contributed by atoms with Crippen LogP contribution < -0.4 is 9.47 Å². The van der Waals surface area contributed by atoms with Crippen molar-refractivity contribution < 1.29 is 13.9 Å². The highest BCUT2D eigenvalue weighted by Gasteiger charge is 2.39. The second kappa shape index (κ2) is 4.88. The van der Waals surface area contributed by atoms with E-state index in [1.54, 1.807) is 19.6 Å². The van der Waals surface area contributed by atoms with Gasteiger partial charge in [-0.05, 0) is 51.8 Å². The van der Waals surface area contributed by atoms with Crippen molar-refractivity contribution in [2.24, 2.45) is 4.99 Å². The lowest BCUT2D eigenvalue weighted by Gasteiger charge is -2.30. The Morgan fingerprint density at radius 2 is 1.96 bits per heavy atom. The Morgan fingerprint density at radius 1 is 1.17 bits per heavy atom. The van der Waals surface area contributed by atoms with Crippen LogP contribution in [0.3, 0.4) is 0 Å². The Morgan fingerprint density at radius 3 is 2.62 bits per heavy atom. The molecule has 0 saturated carbocycles. The number of hydrogen-bond donors (Lipinski definition) is 0. The Bertz CT molecular complexity index is 829. The number of rotatable bonds is 2. The summed E-state index contributed by atoms with van der Waals surface area (Å²) in [5, 5.41) is 0. The minimum Gasteiger partial charge on any atom is -0.493 e. The van der Waals surface area contributed by atoms with Gasteiger partial charge in [-0.2, -0.15) is 0 Å². The molecule has 3 heterocycles.